The Morgan fingerprint density at radius 2 is 2.06 bits per heavy atom. The summed E-state index contributed by atoms with van der Waals surface area (Å²) in [5.74, 6) is 2.57. The first kappa shape index (κ1) is 15.8. The Balaban J connectivity index is 4.25. The minimum atomic E-state index is -0.457. The van der Waals surface area contributed by atoms with Gasteiger partial charge in [-0.1, -0.05) is 0 Å². The highest BCUT2D eigenvalue weighted by atomic mass is 16.6. The van der Waals surface area contributed by atoms with Gasteiger partial charge in [0.25, 0.3) is 0 Å². The molecule has 0 aliphatic carbocycles. The summed E-state index contributed by atoms with van der Waals surface area (Å²) in [7, 11) is 1.86. The molecule has 4 nitrogen and oxygen atoms in total. The van der Waals surface area contributed by atoms with Crippen molar-refractivity contribution < 1.29 is 9.53 Å². The van der Waals surface area contributed by atoms with E-state index >= 15 is 0 Å². The zero-order chi connectivity index (χ0) is 13.3. The average molecular weight is 240 g/mol. The lowest BCUT2D eigenvalue weighted by molar-refractivity contribution is 0.0251. The van der Waals surface area contributed by atoms with Crippen LogP contribution < -0.4 is 5.32 Å². The van der Waals surface area contributed by atoms with E-state index in [1.54, 1.807) is 4.90 Å². The molecule has 1 N–H and O–H groups in total. The molecule has 1 amide bonds. The van der Waals surface area contributed by atoms with Crippen molar-refractivity contribution in [2.45, 2.75) is 39.2 Å². The van der Waals surface area contributed by atoms with Crippen LogP contribution in [0.3, 0.4) is 0 Å². The normalized spacial score (nSPS) is 10.8. The fraction of sp³-hybridized carbons (Fsp3) is 0.769. The molecule has 0 fully saturated rings. The van der Waals surface area contributed by atoms with Crippen LogP contribution in [-0.4, -0.2) is 43.3 Å². The van der Waals surface area contributed by atoms with Gasteiger partial charge in [-0.05, 0) is 34.2 Å². The van der Waals surface area contributed by atoms with Gasteiger partial charge < -0.3 is 15.0 Å². The lowest BCUT2D eigenvalue weighted by Crippen LogP contribution is -2.40. The van der Waals surface area contributed by atoms with Crippen molar-refractivity contribution in [3.63, 3.8) is 0 Å². The average Bonchev–Trinajstić information content (AvgIpc) is 2.20. The van der Waals surface area contributed by atoms with Gasteiger partial charge >= 0.3 is 6.09 Å². The van der Waals surface area contributed by atoms with Crippen LogP contribution in [0.2, 0.25) is 0 Å². The molecule has 0 saturated carbocycles. The number of nitrogens with one attached hydrogen (secondary N) is 1. The standard InChI is InChI=1S/C13H24N2O2/c1-6-7-8-10-15(11-9-14-5)12(16)17-13(2,3)4/h1,14H,7-11H2,2-5H3. The summed E-state index contributed by atoms with van der Waals surface area (Å²) in [6.45, 7) is 7.61. The Morgan fingerprint density at radius 1 is 1.41 bits per heavy atom. The lowest BCUT2D eigenvalue weighted by Gasteiger charge is -2.27. The molecule has 0 aromatic carbocycles. The van der Waals surface area contributed by atoms with E-state index in [0.717, 1.165) is 13.0 Å². The Kier molecular flexibility index (Phi) is 7.40. The molecule has 98 valence electrons. The minimum Gasteiger partial charge on any atom is -0.444 e. The number of unbranched alkanes of at least 4 members (excludes halogenated alkanes) is 1. The molecular formula is C13H24N2O2. The fourth-order valence-corrected chi connectivity index (χ4v) is 1.24. The molecule has 0 aromatic heterocycles. The number of hydrogen-bond donors (Lipinski definition) is 1. The zero-order valence-corrected chi connectivity index (χ0v) is 11.4. The number of terminal acetylenes is 1. The maximum Gasteiger partial charge on any atom is 0.410 e. The number of hydrogen-bond acceptors (Lipinski definition) is 3. The number of carbonyl (C=O) groups excluding carboxylic acids is 1. The van der Waals surface area contributed by atoms with Crippen LogP contribution in [0.25, 0.3) is 0 Å². The van der Waals surface area contributed by atoms with Crippen molar-refractivity contribution in [1.29, 1.82) is 0 Å². The first-order chi connectivity index (χ1) is 7.90. The molecule has 0 spiro atoms. The molecule has 0 unspecified atom stereocenters. The van der Waals surface area contributed by atoms with E-state index in [1.165, 1.54) is 0 Å². The summed E-state index contributed by atoms with van der Waals surface area (Å²) >= 11 is 0. The highest BCUT2D eigenvalue weighted by molar-refractivity contribution is 5.68. The fourth-order valence-electron chi connectivity index (χ4n) is 1.24. The Morgan fingerprint density at radius 3 is 2.53 bits per heavy atom. The van der Waals surface area contributed by atoms with Gasteiger partial charge in [0, 0.05) is 26.1 Å². The number of amides is 1. The summed E-state index contributed by atoms with van der Waals surface area (Å²) in [4.78, 5) is 13.6. The van der Waals surface area contributed by atoms with Crippen LogP contribution in [0, 0.1) is 12.3 Å². The minimum absolute atomic E-state index is 0.273. The second-order valence-electron chi connectivity index (χ2n) is 4.88. The Bertz CT molecular complexity index is 264. The quantitative estimate of drug-likeness (QED) is 0.569. The Hall–Kier alpha value is -1.21. The number of rotatable bonds is 6. The summed E-state index contributed by atoms with van der Waals surface area (Å²) in [6.07, 6.45) is 6.41. The summed E-state index contributed by atoms with van der Waals surface area (Å²) in [5, 5.41) is 3.02. The summed E-state index contributed by atoms with van der Waals surface area (Å²) in [5.41, 5.74) is -0.457. The molecule has 0 saturated heterocycles. The summed E-state index contributed by atoms with van der Waals surface area (Å²) < 4.78 is 5.34. The number of nitrogens with zero attached hydrogens (tertiary/aromatic N) is 1. The molecule has 0 atom stereocenters. The summed E-state index contributed by atoms with van der Waals surface area (Å²) in [6, 6.07) is 0. The van der Waals surface area contributed by atoms with E-state index in [0.29, 0.717) is 19.5 Å². The van der Waals surface area contributed by atoms with E-state index < -0.39 is 5.60 Å². The van der Waals surface area contributed by atoms with Crippen LogP contribution >= 0.6 is 0 Å². The smallest absolute Gasteiger partial charge is 0.410 e. The zero-order valence-electron chi connectivity index (χ0n) is 11.4. The Labute approximate surface area is 105 Å². The number of ether oxygens (including phenoxy) is 1. The van der Waals surface area contributed by atoms with Gasteiger partial charge in [-0.15, -0.1) is 12.3 Å². The molecule has 0 rings (SSSR count). The van der Waals surface area contributed by atoms with E-state index in [9.17, 15) is 4.79 Å². The van der Waals surface area contributed by atoms with Gasteiger partial charge in [-0.2, -0.15) is 0 Å². The molecule has 0 aromatic rings. The van der Waals surface area contributed by atoms with Gasteiger partial charge in [0.15, 0.2) is 0 Å². The molecular weight excluding hydrogens is 216 g/mol. The second kappa shape index (κ2) is 7.97. The van der Waals surface area contributed by atoms with Crippen LogP contribution in [0.15, 0.2) is 0 Å². The largest absolute Gasteiger partial charge is 0.444 e. The van der Waals surface area contributed by atoms with Crippen molar-refractivity contribution in [3.05, 3.63) is 0 Å². The second-order valence-corrected chi connectivity index (χ2v) is 4.88. The lowest BCUT2D eigenvalue weighted by atomic mass is 10.2. The van der Waals surface area contributed by atoms with E-state index in [1.807, 2.05) is 27.8 Å². The predicted octanol–water partition coefficient (Wildman–Crippen LogP) is 1.86. The topological polar surface area (TPSA) is 41.6 Å². The van der Waals surface area contributed by atoms with E-state index in [2.05, 4.69) is 11.2 Å². The third-order valence-corrected chi connectivity index (χ3v) is 2.03. The van der Waals surface area contributed by atoms with Crippen molar-refractivity contribution >= 4 is 6.09 Å². The van der Waals surface area contributed by atoms with Crippen LogP contribution in [0.5, 0.6) is 0 Å². The van der Waals surface area contributed by atoms with Gasteiger partial charge in [0.1, 0.15) is 5.60 Å². The van der Waals surface area contributed by atoms with E-state index in [4.69, 9.17) is 11.2 Å². The predicted molar refractivity (Wildman–Crippen MR) is 69.8 cm³/mol. The number of likely N-dealkylation sites (N-methyl/N-ethyl adjacent to an activating group) is 1. The van der Waals surface area contributed by atoms with Crippen molar-refractivity contribution in [3.8, 4) is 12.3 Å². The van der Waals surface area contributed by atoms with Gasteiger partial charge in [0.05, 0.1) is 0 Å². The maximum absolute atomic E-state index is 11.9. The number of carbonyl (C=O) groups is 1. The SMILES string of the molecule is C#CCCCN(CCNC)C(=O)OC(C)(C)C. The van der Waals surface area contributed by atoms with Crippen LogP contribution in [-0.2, 0) is 4.74 Å². The molecule has 0 radical (unpaired) electrons. The van der Waals surface area contributed by atoms with Crippen molar-refractivity contribution in [2.24, 2.45) is 0 Å². The maximum atomic E-state index is 11.9. The molecule has 0 aliphatic rings. The third-order valence-electron chi connectivity index (χ3n) is 2.03. The molecule has 0 heterocycles. The van der Waals surface area contributed by atoms with Gasteiger partial charge in [-0.3, -0.25) is 0 Å². The highest BCUT2D eigenvalue weighted by Gasteiger charge is 2.21. The molecule has 0 bridgehead atoms. The van der Waals surface area contributed by atoms with Crippen molar-refractivity contribution in [2.75, 3.05) is 26.7 Å². The first-order valence-corrected chi connectivity index (χ1v) is 5.96. The molecule has 0 aliphatic heterocycles. The van der Waals surface area contributed by atoms with E-state index in [-0.39, 0.29) is 6.09 Å². The monoisotopic (exact) mass is 240 g/mol. The first-order valence-electron chi connectivity index (χ1n) is 5.96. The molecule has 17 heavy (non-hydrogen) atoms. The molecule has 4 heteroatoms. The van der Waals surface area contributed by atoms with Crippen molar-refractivity contribution in [1.82, 2.24) is 10.2 Å². The van der Waals surface area contributed by atoms with Gasteiger partial charge in [0.2, 0.25) is 0 Å². The highest BCUT2D eigenvalue weighted by Crippen LogP contribution is 2.10. The van der Waals surface area contributed by atoms with Gasteiger partial charge in [-0.25, -0.2) is 4.79 Å². The van der Waals surface area contributed by atoms with Crippen LogP contribution in [0.1, 0.15) is 33.6 Å². The van der Waals surface area contributed by atoms with Crippen LogP contribution in [0.4, 0.5) is 4.79 Å². The third kappa shape index (κ3) is 8.58.